The van der Waals surface area contributed by atoms with Gasteiger partial charge in [0.15, 0.2) is 5.41 Å². The monoisotopic (exact) mass is 338 g/mol. The molecule has 0 radical (unpaired) electrons. The van der Waals surface area contributed by atoms with Gasteiger partial charge in [0.25, 0.3) is 0 Å². The lowest BCUT2D eigenvalue weighted by molar-refractivity contribution is -0.171. The second-order valence-corrected chi connectivity index (χ2v) is 6.56. The van der Waals surface area contributed by atoms with Crippen molar-refractivity contribution < 1.29 is 28.6 Å². The van der Waals surface area contributed by atoms with Crippen LogP contribution in [0.2, 0.25) is 0 Å². The van der Waals surface area contributed by atoms with Crippen LogP contribution in [0.25, 0.3) is 0 Å². The van der Waals surface area contributed by atoms with Gasteiger partial charge in [-0.3, -0.25) is 14.4 Å². The normalized spacial score (nSPS) is 27.2. The highest BCUT2D eigenvalue weighted by atomic mass is 16.6. The Morgan fingerprint density at radius 3 is 2.08 bits per heavy atom. The summed E-state index contributed by atoms with van der Waals surface area (Å²) in [6.45, 7) is 7.93. The molecule has 2 atom stereocenters. The van der Waals surface area contributed by atoms with E-state index in [9.17, 15) is 14.4 Å². The topological polar surface area (TPSA) is 78.9 Å². The fourth-order valence-corrected chi connectivity index (χ4v) is 3.44. The summed E-state index contributed by atoms with van der Waals surface area (Å²) in [7, 11) is 0. The maximum absolute atomic E-state index is 12.4. The highest BCUT2D eigenvalue weighted by molar-refractivity contribution is 6.01. The third-order valence-electron chi connectivity index (χ3n) is 5.06. The standard InChI is InChI=1S/C18H26O6/c1-5-22-14(19)13-11-17(13,4)12-8-9-18(10-12,15(20)23-6-2)16(21)24-7-3/h8,13H,5-7,9-11H2,1-4H3/t13-,17+/m1/s1. The molecule has 134 valence electrons. The van der Waals surface area contributed by atoms with Crippen LogP contribution >= 0.6 is 0 Å². The highest BCUT2D eigenvalue weighted by Crippen LogP contribution is 2.62. The van der Waals surface area contributed by atoms with Crippen molar-refractivity contribution in [2.24, 2.45) is 16.7 Å². The fraction of sp³-hybridized carbons (Fsp3) is 0.722. The zero-order valence-electron chi connectivity index (χ0n) is 14.8. The summed E-state index contributed by atoms with van der Waals surface area (Å²) >= 11 is 0. The van der Waals surface area contributed by atoms with Gasteiger partial charge in [0.1, 0.15) is 0 Å². The van der Waals surface area contributed by atoms with Crippen molar-refractivity contribution in [3.8, 4) is 0 Å². The molecule has 0 saturated heterocycles. The average molecular weight is 338 g/mol. The van der Waals surface area contributed by atoms with E-state index >= 15 is 0 Å². The van der Waals surface area contributed by atoms with Crippen LogP contribution in [0.15, 0.2) is 11.6 Å². The van der Waals surface area contributed by atoms with Gasteiger partial charge >= 0.3 is 17.9 Å². The molecule has 0 aromatic rings. The number of allylic oxidation sites excluding steroid dienone is 2. The summed E-state index contributed by atoms with van der Waals surface area (Å²) in [4.78, 5) is 36.9. The molecule has 6 nitrogen and oxygen atoms in total. The molecule has 2 aliphatic carbocycles. The van der Waals surface area contributed by atoms with Crippen LogP contribution in [0.5, 0.6) is 0 Å². The zero-order valence-corrected chi connectivity index (χ0v) is 14.8. The Kier molecular flexibility index (Phi) is 5.35. The van der Waals surface area contributed by atoms with Gasteiger partial charge in [0, 0.05) is 5.41 Å². The molecule has 1 fully saturated rings. The summed E-state index contributed by atoms with van der Waals surface area (Å²) in [6.07, 6.45) is 3.08. The third kappa shape index (κ3) is 3.06. The van der Waals surface area contributed by atoms with E-state index < -0.39 is 17.4 Å². The Morgan fingerprint density at radius 2 is 1.58 bits per heavy atom. The number of hydrogen-bond donors (Lipinski definition) is 0. The predicted octanol–water partition coefficient (Wildman–Crippen LogP) is 2.41. The molecule has 24 heavy (non-hydrogen) atoms. The summed E-state index contributed by atoms with van der Waals surface area (Å²) in [5, 5.41) is 0. The van der Waals surface area contributed by atoms with Gasteiger partial charge in [-0.1, -0.05) is 18.6 Å². The molecule has 0 unspecified atom stereocenters. The van der Waals surface area contributed by atoms with Crippen LogP contribution in [0.3, 0.4) is 0 Å². The molecule has 0 bridgehead atoms. The highest BCUT2D eigenvalue weighted by Gasteiger charge is 2.62. The van der Waals surface area contributed by atoms with Gasteiger partial charge in [-0.2, -0.15) is 0 Å². The van der Waals surface area contributed by atoms with E-state index in [1.54, 1.807) is 20.8 Å². The molecule has 0 spiro atoms. The summed E-state index contributed by atoms with van der Waals surface area (Å²) in [6, 6.07) is 0. The van der Waals surface area contributed by atoms with Crippen LogP contribution in [-0.4, -0.2) is 37.7 Å². The maximum atomic E-state index is 12.4. The van der Waals surface area contributed by atoms with Crippen LogP contribution in [0.1, 0.15) is 47.0 Å². The lowest BCUT2D eigenvalue weighted by Crippen LogP contribution is -2.40. The first-order chi connectivity index (χ1) is 11.4. The van der Waals surface area contributed by atoms with Gasteiger partial charge in [0.2, 0.25) is 0 Å². The zero-order chi connectivity index (χ0) is 18.0. The molecule has 0 amide bonds. The first-order valence-electron chi connectivity index (χ1n) is 8.56. The Morgan fingerprint density at radius 1 is 1.04 bits per heavy atom. The van der Waals surface area contributed by atoms with E-state index in [2.05, 4.69) is 0 Å². The molecule has 0 N–H and O–H groups in total. The van der Waals surface area contributed by atoms with Gasteiger partial charge in [-0.25, -0.2) is 0 Å². The number of carbonyl (C=O) groups is 3. The minimum absolute atomic E-state index is 0.205. The van der Waals surface area contributed by atoms with E-state index in [4.69, 9.17) is 14.2 Å². The van der Waals surface area contributed by atoms with Crippen molar-refractivity contribution in [2.45, 2.75) is 47.0 Å². The lowest BCUT2D eigenvalue weighted by atomic mass is 9.81. The number of rotatable bonds is 7. The van der Waals surface area contributed by atoms with Crippen molar-refractivity contribution >= 4 is 17.9 Å². The first-order valence-corrected chi connectivity index (χ1v) is 8.56. The predicted molar refractivity (Wildman–Crippen MR) is 85.9 cm³/mol. The summed E-state index contributed by atoms with van der Waals surface area (Å²) in [5.41, 5.74) is -0.708. The second-order valence-electron chi connectivity index (χ2n) is 6.56. The minimum Gasteiger partial charge on any atom is -0.466 e. The van der Waals surface area contributed by atoms with E-state index in [1.165, 1.54) is 0 Å². The molecule has 0 aromatic carbocycles. The Hall–Kier alpha value is -1.85. The van der Waals surface area contributed by atoms with Crippen molar-refractivity contribution in [3.05, 3.63) is 11.6 Å². The minimum atomic E-state index is -1.31. The average Bonchev–Trinajstić information content (AvgIpc) is 3.04. The summed E-state index contributed by atoms with van der Waals surface area (Å²) < 4.78 is 15.3. The van der Waals surface area contributed by atoms with Crippen molar-refractivity contribution in [3.63, 3.8) is 0 Å². The van der Waals surface area contributed by atoms with E-state index in [1.807, 2.05) is 13.0 Å². The number of hydrogen-bond acceptors (Lipinski definition) is 6. The third-order valence-corrected chi connectivity index (χ3v) is 5.06. The van der Waals surface area contributed by atoms with Gasteiger partial charge in [-0.15, -0.1) is 0 Å². The molecule has 0 aromatic heterocycles. The van der Waals surface area contributed by atoms with Gasteiger partial charge < -0.3 is 14.2 Å². The summed E-state index contributed by atoms with van der Waals surface area (Å²) in [5.74, 6) is -1.52. The van der Waals surface area contributed by atoms with E-state index in [0.717, 1.165) is 5.57 Å². The maximum Gasteiger partial charge on any atom is 0.324 e. The smallest absolute Gasteiger partial charge is 0.324 e. The molecular weight excluding hydrogens is 312 g/mol. The second kappa shape index (κ2) is 6.95. The number of carbonyl (C=O) groups excluding carboxylic acids is 3. The lowest BCUT2D eigenvalue weighted by Gasteiger charge is -2.25. The van der Waals surface area contributed by atoms with Crippen LogP contribution in [0.4, 0.5) is 0 Å². The SMILES string of the molecule is CCOC(=O)[C@H]1C[C@@]1(C)C1=CCC(C(=O)OCC)(C(=O)OCC)C1. The van der Waals surface area contributed by atoms with Crippen molar-refractivity contribution in [2.75, 3.05) is 19.8 Å². The Balaban J connectivity index is 2.16. The first kappa shape index (κ1) is 18.5. The Labute approximate surface area is 142 Å². The Bertz CT molecular complexity index is 546. The van der Waals surface area contributed by atoms with E-state index in [0.29, 0.717) is 13.0 Å². The van der Waals surface area contributed by atoms with Crippen LogP contribution in [0, 0.1) is 16.7 Å². The molecule has 0 heterocycles. The van der Waals surface area contributed by atoms with Crippen LogP contribution in [-0.2, 0) is 28.6 Å². The number of esters is 3. The fourth-order valence-electron chi connectivity index (χ4n) is 3.44. The molecule has 2 rings (SSSR count). The molecule has 2 aliphatic rings. The van der Waals surface area contributed by atoms with Gasteiger partial charge in [0.05, 0.1) is 25.7 Å². The largest absolute Gasteiger partial charge is 0.466 e. The molecule has 1 saturated carbocycles. The van der Waals surface area contributed by atoms with Gasteiger partial charge in [-0.05, 0) is 40.0 Å². The quantitative estimate of drug-likeness (QED) is 0.307. The van der Waals surface area contributed by atoms with E-state index in [-0.39, 0.29) is 43.4 Å². The molecular formula is C18H26O6. The van der Waals surface area contributed by atoms with Crippen molar-refractivity contribution in [1.82, 2.24) is 0 Å². The number of ether oxygens (including phenoxy) is 3. The van der Waals surface area contributed by atoms with Crippen LogP contribution < -0.4 is 0 Å². The van der Waals surface area contributed by atoms with Crippen molar-refractivity contribution in [1.29, 1.82) is 0 Å². The molecule has 0 aliphatic heterocycles. The molecule has 6 heteroatoms.